The van der Waals surface area contributed by atoms with Crippen LogP contribution in [0.25, 0.3) is 0 Å². The highest BCUT2D eigenvalue weighted by atomic mass is 35.5. The van der Waals surface area contributed by atoms with Crippen molar-refractivity contribution in [3.63, 3.8) is 0 Å². The summed E-state index contributed by atoms with van der Waals surface area (Å²) in [5, 5.41) is 10.6. The number of halogens is 1. The zero-order valence-electron chi connectivity index (χ0n) is 7.94. The summed E-state index contributed by atoms with van der Waals surface area (Å²) >= 11 is 5.76. The Labute approximate surface area is 92.5 Å². The molecular formula is C11H11ClN2O. The predicted molar refractivity (Wildman–Crippen MR) is 60.7 cm³/mol. The van der Waals surface area contributed by atoms with Gasteiger partial charge in [0.05, 0.1) is 5.69 Å². The molecule has 0 aliphatic carbocycles. The van der Waals surface area contributed by atoms with Crippen LogP contribution in [0, 0.1) is 0 Å². The Balaban J connectivity index is 2.28. The highest BCUT2D eigenvalue weighted by molar-refractivity contribution is 6.30. The smallest absolute Gasteiger partial charge is 0.119 e. The van der Waals surface area contributed by atoms with Crippen LogP contribution in [0.2, 0.25) is 5.02 Å². The Morgan fingerprint density at radius 3 is 2.33 bits per heavy atom. The maximum Gasteiger partial charge on any atom is 0.119 e. The quantitative estimate of drug-likeness (QED) is 0.730. The first-order valence-corrected chi connectivity index (χ1v) is 4.92. The Hall–Kier alpha value is -1.45. The molecule has 4 heteroatoms. The molecule has 0 bridgehead atoms. The van der Waals surface area contributed by atoms with Crippen molar-refractivity contribution >= 4 is 17.4 Å². The van der Waals surface area contributed by atoms with Gasteiger partial charge in [0.2, 0.25) is 0 Å². The van der Waals surface area contributed by atoms with Gasteiger partial charge in [0.15, 0.2) is 0 Å². The summed E-state index contributed by atoms with van der Waals surface area (Å²) in [6.45, 7) is 0. The largest absolute Gasteiger partial charge is 0.385 e. The molecule has 15 heavy (non-hydrogen) atoms. The Kier molecular flexibility index (Phi) is 2.66. The normalized spacial score (nSPS) is 12.7. The summed E-state index contributed by atoms with van der Waals surface area (Å²) < 4.78 is 0. The van der Waals surface area contributed by atoms with Crippen LogP contribution in [0.1, 0.15) is 17.4 Å². The lowest BCUT2D eigenvalue weighted by Crippen LogP contribution is -2.00. The van der Waals surface area contributed by atoms with Gasteiger partial charge in [-0.25, -0.2) is 0 Å². The lowest BCUT2D eigenvalue weighted by Gasteiger charge is -2.08. The van der Waals surface area contributed by atoms with Gasteiger partial charge in [0.25, 0.3) is 0 Å². The third kappa shape index (κ3) is 2.14. The summed E-state index contributed by atoms with van der Waals surface area (Å²) in [6, 6.07) is 10.5. The Bertz CT molecular complexity index is 450. The summed E-state index contributed by atoms with van der Waals surface area (Å²) in [6.07, 6.45) is -0.695. The minimum atomic E-state index is -0.695. The van der Waals surface area contributed by atoms with Crippen LogP contribution in [0.5, 0.6) is 0 Å². The molecule has 0 aliphatic rings. The van der Waals surface area contributed by atoms with Crippen LogP contribution in [-0.2, 0) is 0 Å². The van der Waals surface area contributed by atoms with E-state index in [9.17, 15) is 5.11 Å². The van der Waals surface area contributed by atoms with Crippen LogP contribution in [0.4, 0.5) is 5.82 Å². The lowest BCUT2D eigenvalue weighted by atomic mass is 10.1. The maximum absolute atomic E-state index is 9.97. The minimum absolute atomic E-state index is 0.540. The SMILES string of the molecule is Nc1ccc(C(O)c2ccc(Cl)cc2)[nH]1. The molecule has 3 nitrogen and oxygen atoms in total. The highest BCUT2D eigenvalue weighted by Gasteiger charge is 2.11. The molecule has 78 valence electrons. The molecule has 2 aromatic rings. The van der Waals surface area contributed by atoms with Gasteiger partial charge in [-0.15, -0.1) is 0 Å². The zero-order valence-corrected chi connectivity index (χ0v) is 8.70. The van der Waals surface area contributed by atoms with E-state index in [0.717, 1.165) is 5.56 Å². The number of nitrogen functional groups attached to an aromatic ring is 1. The lowest BCUT2D eigenvalue weighted by molar-refractivity contribution is 0.216. The predicted octanol–water partition coefficient (Wildman–Crippen LogP) is 2.33. The van der Waals surface area contributed by atoms with Gasteiger partial charge in [-0.1, -0.05) is 23.7 Å². The molecule has 0 spiro atoms. The molecular weight excluding hydrogens is 212 g/mol. The van der Waals surface area contributed by atoms with E-state index < -0.39 is 6.10 Å². The van der Waals surface area contributed by atoms with Gasteiger partial charge in [-0.05, 0) is 29.8 Å². The zero-order chi connectivity index (χ0) is 10.8. The van der Waals surface area contributed by atoms with E-state index in [4.69, 9.17) is 17.3 Å². The standard InChI is InChI=1S/C11H11ClN2O/c12-8-3-1-7(2-4-8)11(15)9-5-6-10(13)14-9/h1-6,11,14-15H,13H2. The van der Waals surface area contributed by atoms with E-state index in [1.807, 2.05) is 0 Å². The van der Waals surface area contributed by atoms with Crippen molar-refractivity contribution in [2.75, 3.05) is 5.73 Å². The topological polar surface area (TPSA) is 62.0 Å². The molecule has 0 saturated carbocycles. The van der Waals surface area contributed by atoms with Crippen molar-refractivity contribution in [1.29, 1.82) is 0 Å². The molecule has 1 aromatic carbocycles. The molecule has 1 heterocycles. The molecule has 0 amide bonds. The average Bonchev–Trinajstić information content (AvgIpc) is 2.65. The molecule has 1 aromatic heterocycles. The first-order chi connectivity index (χ1) is 7.16. The van der Waals surface area contributed by atoms with Crippen molar-refractivity contribution in [2.24, 2.45) is 0 Å². The van der Waals surface area contributed by atoms with Gasteiger partial charge in [0, 0.05) is 5.02 Å². The van der Waals surface area contributed by atoms with Gasteiger partial charge in [-0.2, -0.15) is 0 Å². The van der Waals surface area contributed by atoms with Crippen molar-refractivity contribution in [3.8, 4) is 0 Å². The Morgan fingerprint density at radius 1 is 1.13 bits per heavy atom. The van der Waals surface area contributed by atoms with Crippen LogP contribution in [0.3, 0.4) is 0 Å². The fourth-order valence-electron chi connectivity index (χ4n) is 1.41. The van der Waals surface area contributed by atoms with E-state index in [1.54, 1.807) is 36.4 Å². The summed E-state index contributed by atoms with van der Waals surface area (Å²) in [5.41, 5.74) is 6.99. The molecule has 0 aliphatic heterocycles. The van der Waals surface area contributed by atoms with E-state index in [2.05, 4.69) is 4.98 Å². The van der Waals surface area contributed by atoms with Gasteiger partial charge >= 0.3 is 0 Å². The van der Waals surface area contributed by atoms with Crippen LogP contribution >= 0.6 is 11.6 Å². The number of benzene rings is 1. The molecule has 1 unspecified atom stereocenters. The van der Waals surface area contributed by atoms with Crippen molar-refractivity contribution in [2.45, 2.75) is 6.10 Å². The number of aromatic nitrogens is 1. The van der Waals surface area contributed by atoms with Crippen LogP contribution in [-0.4, -0.2) is 10.1 Å². The number of hydrogen-bond donors (Lipinski definition) is 3. The summed E-state index contributed by atoms with van der Waals surface area (Å²) in [7, 11) is 0. The second-order valence-electron chi connectivity index (χ2n) is 3.32. The first kappa shape index (κ1) is 10.1. The Morgan fingerprint density at radius 2 is 1.80 bits per heavy atom. The average molecular weight is 223 g/mol. The molecule has 0 radical (unpaired) electrons. The van der Waals surface area contributed by atoms with Crippen LogP contribution in [0.15, 0.2) is 36.4 Å². The number of aliphatic hydroxyl groups excluding tert-OH is 1. The number of rotatable bonds is 2. The van der Waals surface area contributed by atoms with Crippen LogP contribution < -0.4 is 5.73 Å². The number of hydrogen-bond acceptors (Lipinski definition) is 2. The summed E-state index contributed by atoms with van der Waals surface area (Å²) in [4.78, 5) is 2.88. The van der Waals surface area contributed by atoms with Crippen molar-refractivity contribution in [1.82, 2.24) is 4.98 Å². The monoisotopic (exact) mass is 222 g/mol. The molecule has 0 fully saturated rings. The fraction of sp³-hybridized carbons (Fsp3) is 0.0909. The van der Waals surface area contributed by atoms with E-state index in [-0.39, 0.29) is 0 Å². The molecule has 2 rings (SSSR count). The number of aliphatic hydroxyl groups is 1. The fourth-order valence-corrected chi connectivity index (χ4v) is 1.54. The highest BCUT2D eigenvalue weighted by Crippen LogP contribution is 2.23. The second kappa shape index (κ2) is 3.96. The molecule has 1 atom stereocenters. The van der Waals surface area contributed by atoms with Gasteiger partial charge in [0.1, 0.15) is 11.9 Å². The third-order valence-corrected chi connectivity index (χ3v) is 2.46. The summed E-state index contributed by atoms with van der Waals surface area (Å²) in [5.74, 6) is 0.540. The van der Waals surface area contributed by atoms with Crippen molar-refractivity contribution < 1.29 is 5.11 Å². The number of H-pyrrole nitrogens is 1. The molecule has 4 N–H and O–H groups in total. The number of nitrogens with one attached hydrogen (secondary N) is 1. The van der Waals surface area contributed by atoms with E-state index in [0.29, 0.717) is 16.5 Å². The van der Waals surface area contributed by atoms with Crippen molar-refractivity contribution in [3.05, 3.63) is 52.7 Å². The first-order valence-electron chi connectivity index (χ1n) is 4.55. The van der Waals surface area contributed by atoms with E-state index in [1.165, 1.54) is 0 Å². The van der Waals surface area contributed by atoms with Gasteiger partial charge in [-0.3, -0.25) is 0 Å². The number of anilines is 1. The minimum Gasteiger partial charge on any atom is -0.385 e. The number of aromatic amines is 1. The maximum atomic E-state index is 9.97. The second-order valence-corrected chi connectivity index (χ2v) is 3.76. The number of nitrogens with two attached hydrogens (primary N) is 1. The third-order valence-electron chi connectivity index (χ3n) is 2.21. The van der Waals surface area contributed by atoms with Gasteiger partial charge < -0.3 is 15.8 Å². The van der Waals surface area contributed by atoms with E-state index >= 15 is 0 Å². The molecule has 0 saturated heterocycles.